The van der Waals surface area contributed by atoms with Gasteiger partial charge in [-0.15, -0.1) is 0 Å². The van der Waals surface area contributed by atoms with Crippen molar-refractivity contribution >= 4 is 11.8 Å². The van der Waals surface area contributed by atoms with Crippen molar-refractivity contribution in [1.29, 1.82) is 0 Å². The van der Waals surface area contributed by atoms with Crippen LogP contribution in [0.3, 0.4) is 0 Å². The maximum atomic E-state index is 12.3. The minimum Gasteiger partial charge on any atom is -0.346 e. The predicted octanol–water partition coefficient (Wildman–Crippen LogP) is 0.877. The van der Waals surface area contributed by atoms with Gasteiger partial charge in [-0.3, -0.25) is 14.7 Å². The van der Waals surface area contributed by atoms with Gasteiger partial charge in [0.1, 0.15) is 12.2 Å². The highest BCUT2D eigenvalue weighted by Crippen LogP contribution is 2.19. The lowest BCUT2D eigenvalue weighted by atomic mass is 9.96. The molecule has 7 heteroatoms. The molecule has 0 aliphatic carbocycles. The summed E-state index contributed by atoms with van der Waals surface area (Å²) in [5.41, 5.74) is 0. The summed E-state index contributed by atoms with van der Waals surface area (Å²) in [7, 11) is 0. The molecule has 1 aromatic rings. The fraction of sp³-hybridized carbons (Fsp3) is 0.714. The van der Waals surface area contributed by atoms with Crippen LogP contribution >= 0.6 is 0 Å². The number of carbonyl (C=O) groups excluding carboxylic acids is 2. The first-order valence-corrected chi connectivity index (χ1v) is 7.43. The highest BCUT2D eigenvalue weighted by molar-refractivity contribution is 5.82. The molecular formula is C14H23N5O2. The van der Waals surface area contributed by atoms with Crippen molar-refractivity contribution in [3.8, 4) is 0 Å². The third-order valence-electron chi connectivity index (χ3n) is 3.80. The Morgan fingerprint density at radius 3 is 2.81 bits per heavy atom. The number of carbonyl (C=O) groups is 2. The molecule has 1 aromatic heterocycles. The van der Waals surface area contributed by atoms with E-state index in [9.17, 15) is 9.59 Å². The SMILES string of the molecule is CC(C)C(=O)N1CCCC(C(=O)NC(C)c2ncn[nH]2)C1. The number of aromatic nitrogens is 3. The second kappa shape index (κ2) is 6.69. The third kappa shape index (κ3) is 3.80. The second-order valence-electron chi connectivity index (χ2n) is 5.88. The molecule has 2 rings (SSSR count). The van der Waals surface area contributed by atoms with Crippen LogP contribution in [0.2, 0.25) is 0 Å². The largest absolute Gasteiger partial charge is 0.346 e. The van der Waals surface area contributed by atoms with E-state index in [-0.39, 0.29) is 29.7 Å². The van der Waals surface area contributed by atoms with Crippen LogP contribution in [-0.2, 0) is 9.59 Å². The number of piperidine rings is 1. The summed E-state index contributed by atoms with van der Waals surface area (Å²) in [6, 6.07) is -0.212. The van der Waals surface area contributed by atoms with Gasteiger partial charge in [0.15, 0.2) is 0 Å². The molecule has 0 bridgehead atoms. The third-order valence-corrected chi connectivity index (χ3v) is 3.80. The number of H-pyrrole nitrogens is 1. The van der Waals surface area contributed by atoms with E-state index >= 15 is 0 Å². The summed E-state index contributed by atoms with van der Waals surface area (Å²) in [4.78, 5) is 30.2. The second-order valence-corrected chi connectivity index (χ2v) is 5.88. The molecule has 1 aliphatic rings. The lowest BCUT2D eigenvalue weighted by Crippen LogP contribution is -2.47. The van der Waals surface area contributed by atoms with E-state index in [2.05, 4.69) is 20.5 Å². The van der Waals surface area contributed by atoms with Crippen molar-refractivity contribution in [1.82, 2.24) is 25.4 Å². The molecule has 2 N–H and O–H groups in total. The molecule has 0 spiro atoms. The van der Waals surface area contributed by atoms with Crippen LogP contribution < -0.4 is 5.32 Å². The van der Waals surface area contributed by atoms with E-state index in [4.69, 9.17) is 0 Å². The number of hydrogen-bond donors (Lipinski definition) is 2. The maximum absolute atomic E-state index is 12.3. The van der Waals surface area contributed by atoms with Gasteiger partial charge in [-0.05, 0) is 19.8 Å². The molecule has 1 saturated heterocycles. The molecule has 0 aromatic carbocycles. The zero-order valence-corrected chi connectivity index (χ0v) is 12.8. The van der Waals surface area contributed by atoms with Gasteiger partial charge in [0, 0.05) is 19.0 Å². The Morgan fingerprint density at radius 1 is 1.43 bits per heavy atom. The Morgan fingerprint density at radius 2 is 2.19 bits per heavy atom. The normalized spacial score (nSPS) is 20.4. The number of nitrogens with zero attached hydrogens (tertiary/aromatic N) is 3. The van der Waals surface area contributed by atoms with E-state index in [0.29, 0.717) is 12.4 Å². The average Bonchev–Trinajstić information content (AvgIpc) is 3.00. The molecule has 1 aliphatic heterocycles. The zero-order chi connectivity index (χ0) is 15.4. The molecule has 2 unspecified atom stereocenters. The number of rotatable bonds is 4. The highest BCUT2D eigenvalue weighted by Gasteiger charge is 2.30. The van der Waals surface area contributed by atoms with Crippen LogP contribution in [-0.4, -0.2) is 45.0 Å². The Hall–Kier alpha value is -1.92. The molecule has 116 valence electrons. The van der Waals surface area contributed by atoms with Gasteiger partial charge in [-0.1, -0.05) is 13.8 Å². The Bertz CT molecular complexity index is 486. The Balaban J connectivity index is 1.91. The van der Waals surface area contributed by atoms with Gasteiger partial charge in [0.05, 0.1) is 12.0 Å². The molecule has 21 heavy (non-hydrogen) atoms. The monoisotopic (exact) mass is 293 g/mol. The molecule has 7 nitrogen and oxygen atoms in total. The van der Waals surface area contributed by atoms with Crippen LogP contribution in [0.4, 0.5) is 0 Å². The van der Waals surface area contributed by atoms with Crippen molar-refractivity contribution in [2.24, 2.45) is 11.8 Å². The number of amides is 2. The lowest BCUT2D eigenvalue weighted by Gasteiger charge is -2.33. The van der Waals surface area contributed by atoms with E-state index in [1.807, 2.05) is 20.8 Å². The molecule has 0 saturated carbocycles. The summed E-state index contributed by atoms with van der Waals surface area (Å²) in [5.74, 6) is 0.553. The summed E-state index contributed by atoms with van der Waals surface area (Å²) < 4.78 is 0. The quantitative estimate of drug-likeness (QED) is 0.862. The zero-order valence-electron chi connectivity index (χ0n) is 12.8. The van der Waals surface area contributed by atoms with Gasteiger partial charge in [0.2, 0.25) is 11.8 Å². The average molecular weight is 293 g/mol. The van der Waals surface area contributed by atoms with Crippen molar-refractivity contribution in [3.05, 3.63) is 12.2 Å². The van der Waals surface area contributed by atoms with E-state index in [1.165, 1.54) is 6.33 Å². The van der Waals surface area contributed by atoms with Crippen LogP contribution in [0.5, 0.6) is 0 Å². The van der Waals surface area contributed by atoms with Gasteiger partial charge >= 0.3 is 0 Å². The minimum atomic E-state index is -0.212. The summed E-state index contributed by atoms with van der Waals surface area (Å²) in [6.07, 6.45) is 3.10. The van der Waals surface area contributed by atoms with Crippen molar-refractivity contribution in [2.45, 2.75) is 39.7 Å². The Kier molecular flexibility index (Phi) is 4.93. The number of likely N-dealkylation sites (tertiary alicyclic amines) is 1. The minimum absolute atomic E-state index is 0.0276. The van der Waals surface area contributed by atoms with E-state index < -0.39 is 0 Å². The van der Waals surface area contributed by atoms with Gasteiger partial charge in [0.25, 0.3) is 0 Å². The fourth-order valence-corrected chi connectivity index (χ4v) is 2.58. The number of nitrogens with one attached hydrogen (secondary N) is 2. The van der Waals surface area contributed by atoms with Crippen LogP contribution in [0.25, 0.3) is 0 Å². The fourth-order valence-electron chi connectivity index (χ4n) is 2.58. The van der Waals surface area contributed by atoms with Crippen LogP contribution in [0, 0.1) is 11.8 Å². The summed E-state index contributed by atoms with van der Waals surface area (Å²) >= 11 is 0. The molecule has 2 heterocycles. The standard InChI is InChI=1S/C14H23N5O2/c1-9(2)14(21)19-6-4-5-11(7-19)13(20)17-10(3)12-15-8-16-18-12/h8-11H,4-7H2,1-3H3,(H,17,20)(H,15,16,18). The molecular weight excluding hydrogens is 270 g/mol. The summed E-state index contributed by atoms with van der Waals surface area (Å²) in [5, 5.41) is 9.45. The van der Waals surface area contributed by atoms with Gasteiger partial charge < -0.3 is 10.2 Å². The van der Waals surface area contributed by atoms with Crippen molar-refractivity contribution < 1.29 is 9.59 Å². The van der Waals surface area contributed by atoms with Gasteiger partial charge in [-0.2, -0.15) is 5.10 Å². The van der Waals surface area contributed by atoms with Crippen LogP contribution in [0.15, 0.2) is 6.33 Å². The van der Waals surface area contributed by atoms with Crippen molar-refractivity contribution in [2.75, 3.05) is 13.1 Å². The first-order valence-electron chi connectivity index (χ1n) is 7.43. The highest BCUT2D eigenvalue weighted by atomic mass is 16.2. The number of aromatic amines is 1. The maximum Gasteiger partial charge on any atom is 0.225 e. The summed E-state index contributed by atoms with van der Waals surface area (Å²) in [6.45, 7) is 6.89. The molecule has 2 amide bonds. The van der Waals surface area contributed by atoms with Crippen molar-refractivity contribution in [3.63, 3.8) is 0 Å². The van der Waals surface area contributed by atoms with Gasteiger partial charge in [-0.25, -0.2) is 4.98 Å². The lowest BCUT2D eigenvalue weighted by molar-refractivity contribution is -0.138. The van der Waals surface area contributed by atoms with E-state index in [0.717, 1.165) is 19.4 Å². The predicted molar refractivity (Wildman–Crippen MR) is 77.1 cm³/mol. The first kappa shape index (κ1) is 15.5. The van der Waals surface area contributed by atoms with E-state index in [1.54, 1.807) is 4.90 Å². The molecule has 0 radical (unpaired) electrons. The molecule has 1 fully saturated rings. The smallest absolute Gasteiger partial charge is 0.225 e. The van der Waals surface area contributed by atoms with Crippen LogP contribution in [0.1, 0.15) is 45.5 Å². The molecule has 2 atom stereocenters. The Labute approximate surface area is 124 Å². The number of hydrogen-bond acceptors (Lipinski definition) is 4. The topological polar surface area (TPSA) is 91.0 Å². The first-order chi connectivity index (χ1) is 9.99.